The lowest BCUT2D eigenvalue weighted by Crippen LogP contribution is -2.17. The van der Waals surface area contributed by atoms with Crippen LogP contribution in [0.25, 0.3) is 6.08 Å². The van der Waals surface area contributed by atoms with Crippen LogP contribution in [0.4, 0.5) is 0 Å². The minimum Gasteiger partial charge on any atom is -0.493 e. The Balaban J connectivity index is 1.97. The van der Waals surface area contributed by atoms with Gasteiger partial charge in [0.1, 0.15) is 6.10 Å². The fraction of sp³-hybridized carbons (Fsp3) is 0.250. The second kappa shape index (κ2) is 9.14. The Morgan fingerprint density at radius 3 is 2.64 bits per heavy atom. The van der Waals surface area contributed by atoms with Crippen LogP contribution in [0.5, 0.6) is 11.5 Å². The first-order chi connectivity index (χ1) is 12.0. The van der Waals surface area contributed by atoms with Gasteiger partial charge >= 0.3 is 5.97 Å². The van der Waals surface area contributed by atoms with E-state index < -0.39 is 12.1 Å². The number of carbonyl (C=O) groups excluding carboxylic acids is 1. The van der Waals surface area contributed by atoms with Crippen LogP contribution < -0.4 is 9.47 Å². The van der Waals surface area contributed by atoms with Crippen molar-refractivity contribution in [3.8, 4) is 11.5 Å². The molecule has 0 aliphatic rings. The van der Waals surface area contributed by atoms with Gasteiger partial charge in [0.05, 0.1) is 7.11 Å². The highest BCUT2D eigenvalue weighted by Crippen LogP contribution is 2.29. The van der Waals surface area contributed by atoms with Crippen molar-refractivity contribution in [3.63, 3.8) is 0 Å². The maximum absolute atomic E-state index is 12.0. The predicted molar refractivity (Wildman–Crippen MR) is 99.2 cm³/mol. The fourth-order valence-electron chi connectivity index (χ4n) is 2.34. The van der Waals surface area contributed by atoms with Crippen LogP contribution in [0, 0.1) is 0 Å². The van der Waals surface area contributed by atoms with E-state index in [0.717, 1.165) is 11.1 Å². The number of hydrogen-bond acceptors (Lipinski definition) is 4. The van der Waals surface area contributed by atoms with Gasteiger partial charge in [0.25, 0.3) is 0 Å². The van der Waals surface area contributed by atoms with Crippen LogP contribution >= 0.6 is 11.6 Å². The molecule has 0 aliphatic heterocycles. The summed E-state index contributed by atoms with van der Waals surface area (Å²) in [6, 6.07) is 12.7. The molecule has 0 saturated heterocycles. The summed E-state index contributed by atoms with van der Waals surface area (Å²) in [5.41, 5.74) is 1.74. The number of ether oxygens (including phenoxy) is 3. The lowest BCUT2D eigenvalue weighted by molar-refractivity contribution is -0.151. The summed E-state index contributed by atoms with van der Waals surface area (Å²) in [5, 5.41) is 0.560. The number of halogens is 1. The second-order valence-corrected chi connectivity index (χ2v) is 5.76. The van der Waals surface area contributed by atoms with Crippen molar-refractivity contribution in [2.75, 3.05) is 13.7 Å². The zero-order chi connectivity index (χ0) is 18.2. The standard InChI is InChI=1S/C20H21ClO4/c1-4-7-15-10-11-18(19(12-15)23-3)24-13-20(22)25-14(2)16-8-5-6-9-17(16)21/h4-12,14H,13H2,1-3H3/b7-4+/t14-/m1/s1. The van der Waals surface area contributed by atoms with Crippen LogP contribution in [-0.2, 0) is 9.53 Å². The molecule has 132 valence electrons. The molecule has 0 aliphatic carbocycles. The van der Waals surface area contributed by atoms with Crippen molar-refractivity contribution in [2.24, 2.45) is 0 Å². The quantitative estimate of drug-likeness (QED) is 0.647. The maximum Gasteiger partial charge on any atom is 0.344 e. The number of rotatable bonds is 7. The van der Waals surface area contributed by atoms with Crippen LogP contribution in [0.1, 0.15) is 31.1 Å². The smallest absolute Gasteiger partial charge is 0.344 e. The van der Waals surface area contributed by atoms with Crippen molar-refractivity contribution in [1.29, 1.82) is 0 Å². The Morgan fingerprint density at radius 1 is 1.20 bits per heavy atom. The molecule has 2 rings (SSSR count). The topological polar surface area (TPSA) is 44.8 Å². The molecule has 5 heteroatoms. The third kappa shape index (κ3) is 5.26. The minimum absolute atomic E-state index is 0.214. The monoisotopic (exact) mass is 360 g/mol. The molecule has 1 atom stereocenters. The normalized spacial score (nSPS) is 12.0. The van der Waals surface area contributed by atoms with E-state index >= 15 is 0 Å². The molecule has 2 aromatic rings. The van der Waals surface area contributed by atoms with Crippen molar-refractivity contribution in [2.45, 2.75) is 20.0 Å². The first-order valence-electron chi connectivity index (χ1n) is 7.92. The number of allylic oxidation sites excluding steroid dienone is 1. The van der Waals surface area contributed by atoms with Gasteiger partial charge in [0.2, 0.25) is 0 Å². The Morgan fingerprint density at radius 2 is 1.96 bits per heavy atom. The van der Waals surface area contributed by atoms with Crippen LogP contribution in [0.3, 0.4) is 0 Å². The van der Waals surface area contributed by atoms with E-state index in [-0.39, 0.29) is 6.61 Å². The molecule has 0 radical (unpaired) electrons. The second-order valence-electron chi connectivity index (χ2n) is 5.35. The maximum atomic E-state index is 12.0. The Bertz CT molecular complexity index is 755. The summed E-state index contributed by atoms with van der Waals surface area (Å²) in [4.78, 5) is 12.0. The van der Waals surface area contributed by atoms with E-state index in [1.54, 1.807) is 26.2 Å². The van der Waals surface area contributed by atoms with Crippen molar-refractivity contribution in [1.82, 2.24) is 0 Å². The van der Waals surface area contributed by atoms with E-state index in [1.165, 1.54) is 0 Å². The third-order valence-corrected chi connectivity index (χ3v) is 3.89. The van der Waals surface area contributed by atoms with Gasteiger partial charge in [-0.15, -0.1) is 0 Å². The Kier molecular flexibility index (Phi) is 6.90. The molecule has 2 aromatic carbocycles. The van der Waals surface area contributed by atoms with Gasteiger partial charge in [0.15, 0.2) is 18.1 Å². The van der Waals surface area contributed by atoms with E-state index in [0.29, 0.717) is 16.5 Å². The zero-order valence-electron chi connectivity index (χ0n) is 14.5. The summed E-state index contributed by atoms with van der Waals surface area (Å²) < 4.78 is 16.2. The van der Waals surface area contributed by atoms with Gasteiger partial charge < -0.3 is 14.2 Å². The van der Waals surface area contributed by atoms with Crippen LogP contribution in [-0.4, -0.2) is 19.7 Å². The predicted octanol–water partition coefficient (Wildman–Crippen LogP) is 5.06. The number of methoxy groups -OCH3 is 1. The molecule has 0 spiro atoms. The lowest BCUT2D eigenvalue weighted by Gasteiger charge is -2.16. The van der Waals surface area contributed by atoms with E-state index in [4.69, 9.17) is 25.8 Å². The van der Waals surface area contributed by atoms with Gasteiger partial charge in [-0.2, -0.15) is 0 Å². The fourth-order valence-corrected chi connectivity index (χ4v) is 2.63. The number of esters is 1. The summed E-state index contributed by atoms with van der Waals surface area (Å²) in [7, 11) is 1.55. The largest absolute Gasteiger partial charge is 0.493 e. The SMILES string of the molecule is C/C=C/c1ccc(OCC(=O)O[C@H](C)c2ccccc2Cl)c(OC)c1. The van der Waals surface area contributed by atoms with Gasteiger partial charge in [-0.1, -0.05) is 48.0 Å². The zero-order valence-corrected chi connectivity index (χ0v) is 15.2. The molecule has 4 nitrogen and oxygen atoms in total. The summed E-state index contributed by atoms with van der Waals surface area (Å²) in [6.45, 7) is 3.49. The molecule has 0 amide bonds. The highest BCUT2D eigenvalue weighted by atomic mass is 35.5. The molecule has 0 saturated carbocycles. The molecule has 0 unspecified atom stereocenters. The molecule has 0 N–H and O–H groups in total. The number of benzene rings is 2. The Hall–Kier alpha value is -2.46. The third-order valence-electron chi connectivity index (χ3n) is 3.54. The summed E-state index contributed by atoms with van der Waals surface area (Å²) in [6.07, 6.45) is 3.43. The van der Waals surface area contributed by atoms with Gasteiger partial charge in [-0.05, 0) is 37.6 Å². The molecule has 0 aromatic heterocycles. The molecule has 0 fully saturated rings. The van der Waals surface area contributed by atoms with Gasteiger partial charge in [-0.3, -0.25) is 0 Å². The van der Waals surface area contributed by atoms with Crippen molar-refractivity contribution < 1.29 is 19.0 Å². The molecule has 0 bridgehead atoms. The van der Waals surface area contributed by atoms with E-state index in [2.05, 4.69) is 0 Å². The molecule has 25 heavy (non-hydrogen) atoms. The average molecular weight is 361 g/mol. The highest BCUT2D eigenvalue weighted by Gasteiger charge is 2.15. The van der Waals surface area contributed by atoms with Crippen LogP contribution in [0.15, 0.2) is 48.5 Å². The molecular weight excluding hydrogens is 340 g/mol. The molecular formula is C20H21ClO4. The van der Waals surface area contributed by atoms with Gasteiger partial charge in [0, 0.05) is 10.6 Å². The molecule has 0 heterocycles. The summed E-state index contributed by atoms with van der Waals surface area (Å²) in [5.74, 6) is 0.563. The van der Waals surface area contributed by atoms with E-state index in [1.807, 2.05) is 49.4 Å². The summed E-state index contributed by atoms with van der Waals surface area (Å²) >= 11 is 6.11. The highest BCUT2D eigenvalue weighted by molar-refractivity contribution is 6.31. The first kappa shape index (κ1) is 18.9. The van der Waals surface area contributed by atoms with Gasteiger partial charge in [-0.25, -0.2) is 4.79 Å². The Labute approximate surface area is 153 Å². The van der Waals surface area contributed by atoms with Crippen molar-refractivity contribution in [3.05, 3.63) is 64.7 Å². The van der Waals surface area contributed by atoms with E-state index in [9.17, 15) is 4.79 Å². The minimum atomic E-state index is -0.480. The van der Waals surface area contributed by atoms with Crippen LogP contribution in [0.2, 0.25) is 5.02 Å². The van der Waals surface area contributed by atoms with Crippen molar-refractivity contribution >= 4 is 23.6 Å². The average Bonchev–Trinajstić information content (AvgIpc) is 2.61. The number of hydrogen-bond donors (Lipinski definition) is 0. The lowest BCUT2D eigenvalue weighted by atomic mass is 10.1. The number of carbonyl (C=O) groups is 1. The first-order valence-corrected chi connectivity index (χ1v) is 8.30.